The first-order valence-corrected chi connectivity index (χ1v) is 12.1. The van der Waals surface area contributed by atoms with Crippen molar-refractivity contribution in [3.8, 4) is 5.75 Å². The van der Waals surface area contributed by atoms with Gasteiger partial charge in [0.2, 0.25) is 0 Å². The number of ether oxygens (including phenoxy) is 1. The first kappa shape index (κ1) is 23.4. The number of benzene rings is 2. The van der Waals surface area contributed by atoms with Gasteiger partial charge in [0.15, 0.2) is 0 Å². The topological polar surface area (TPSA) is 42.3 Å². The summed E-state index contributed by atoms with van der Waals surface area (Å²) in [5.74, 6) is -1.26. The summed E-state index contributed by atoms with van der Waals surface area (Å²) in [6, 6.07) is 16.8. The smallest absolute Gasteiger partial charge is 0.270 e. The van der Waals surface area contributed by atoms with Crippen LogP contribution in [0.4, 0.5) is 14.6 Å². The summed E-state index contributed by atoms with van der Waals surface area (Å²) in [5, 5.41) is 8.43. The molecule has 0 saturated carbocycles. The first-order chi connectivity index (χ1) is 16.6. The third-order valence-electron chi connectivity index (χ3n) is 7.06. The van der Waals surface area contributed by atoms with Crippen molar-refractivity contribution in [2.75, 3.05) is 18.4 Å². The molecule has 2 atom stereocenters. The second-order valence-corrected chi connectivity index (χ2v) is 10.3. The minimum absolute atomic E-state index is 0.0125. The fraction of sp³-hybridized carbons (Fsp3) is 0.393. The van der Waals surface area contributed by atoms with E-state index >= 15 is 0 Å². The molecular weight excluding hydrogens is 446 g/mol. The molecule has 2 aliphatic rings. The third-order valence-corrected chi connectivity index (χ3v) is 7.06. The largest absolute Gasteiger partial charge is 0.489 e. The van der Waals surface area contributed by atoms with E-state index in [-0.39, 0.29) is 23.2 Å². The summed E-state index contributed by atoms with van der Waals surface area (Å²) in [5.41, 5.74) is 3.01. The molecule has 7 heteroatoms. The van der Waals surface area contributed by atoms with Gasteiger partial charge in [-0.2, -0.15) is 5.10 Å². The van der Waals surface area contributed by atoms with Crippen LogP contribution in [0.15, 0.2) is 67.4 Å². The SMILES string of the molecule is C=C(c1cnn2c1NC(c1ccccc1)CC2(C)C)N1CCC(Oc2ccc(C(C)(F)F)cc2)C1. The molecule has 184 valence electrons. The Balaban J connectivity index is 1.29. The van der Waals surface area contributed by atoms with Gasteiger partial charge in [0.1, 0.15) is 17.7 Å². The van der Waals surface area contributed by atoms with Gasteiger partial charge in [0.05, 0.1) is 29.9 Å². The van der Waals surface area contributed by atoms with Crippen LogP contribution in [-0.2, 0) is 11.5 Å². The van der Waals surface area contributed by atoms with Gasteiger partial charge in [-0.15, -0.1) is 0 Å². The van der Waals surface area contributed by atoms with Gasteiger partial charge in [-0.05, 0) is 50.1 Å². The summed E-state index contributed by atoms with van der Waals surface area (Å²) in [4.78, 5) is 2.22. The van der Waals surface area contributed by atoms with E-state index in [0.29, 0.717) is 12.3 Å². The minimum Gasteiger partial charge on any atom is -0.489 e. The number of anilines is 1. The van der Waals surface area contributed by atoms with Crippen LogP contribution in [0, 0.1) is 0 Å². The molecule has 3 heterocycles. The van der Waals surface area contributed by atoms with E-state index in [1.807, 2.05) is 12.3 Å². The highest BCUT2D eigenvalue weighted by Gasteiger charge is 2.37. The number of halogens is 2. The third kappa shape index (κ3) is 4.64. The predicted octanol–water partition coefficient (Wildman–Crippen LogP) is 6.41. The maximum atomic E-state index is 13.5. The van der Waals surface area contributed by atoms with Crippen molar-refractivity contribution >= 4 is 11.5 Å². The molecule has 5 rings (SSSR count). The Hall–Kier alpha value is -3.35. The zero-order chi connectivity index (χ0) is 24.8. The monoisotopic (exact) mass is 478 g/mol. The molecule has 2 aromatic carbocycles. The van der Waals surface area contributed by atoms with Crippen LogP contribution in [0.3, 0.4) is 0 Å². The Labute approximate surface area is 205 Å². The summed E-state index contributed by atoms with van der Waals surface area (Å²) in [6.07, 6.45) is 3.63. The summed E-state index contributed by atoms with van der Waals surface area (Å²) < 4.78 is 35.1. The number of fused-ring (bicyclic) bond motifs is 1. The lowest BCUT2D eigenvalue weighted by Gasteiger charge is -2.38. The zero-order valence-electron chi connectivity index (χ0n) is 20.5. The molecule has 1 saturated heterocycles. The van der Waals surface area contributed by atoms with E-state index < -0.39 is 5.92 Å². The number of aromatic nitrogens is 2. The van der Waals surface area contributed by atoms with Crippen LogP contribution in [0.1, 0.15) is 56.3 Å². The molecule has 1 aromatic heterocycles. The summed E-state index contributed by atoms with van der Waals surface area (Å²) >= 11 is 0. The average molecular weight is 479 g/mol. The predicted molar refractivity (Wildman–Crippen MR) is 135 cm³/mol. The van der Waals surface area contributed by atoms with Crippen molar-refractivity contribution < 1.29 is 13.5 Å². The van der Waals surface area contributed by atoms with E-state index in [4.69, 9.17) is 9.84 Å². The maximum absolute atomic E-state index is 13.5. The molecule has 0 bridgehead atoms. The van der Waals surface area contributed by atoms with Crippen LogP contribution < -0.4 is 10.1 Å². The number of rotatable bonds is 6. The molecule has 0 spiro atoms. The Morgan fingerprint density at radius 2 is 1.86 bits per heavy atom. The second kappa shape index (κ2) is 8.70. The number of likely N-dealkylation sites (tertiary alicyclic amines) is 1. The fourth-order valence-electron chi connectivity index (χ4n) is 5.10. The van der Waals surface area contributed by atoms with Gasteiger partial charge >= 0.3 is 0 Å². The van der Waals surface area contributed by atoms with Crippen molar-refractivity contribution in [1.82, 2.24) is 14.7 Å². The molecule has 5 nitrogen and oxygen atoms in total. The molecule has 0 radical (unpaired) electrons. The lowest BCUT2D eigenvalue weighted by Crippen LogP contribution is -2.38. The second-order valence-electron chi connectivity index (χ2n) is 10.3. The van der Waals surface area contributed by atoms with Crippen molar-refractivity contribution in [3.05, 3.63) is 84.1 Å². The zero-order valence-corrected chi connectivity index (χ0v) is 20.5. The van der Waals surface area contributed by atoms with Crippen LogP contribution in [0.2, 0.25) is 0 Å². The Bertz CT molecular complexity index is 1200. The van der Waals surface area contributed by atoms with Gasteiger partial charge in [-0.3, -0.25) is 0 Å². The standard InChI is InChI=1S/C28H32F2N4O/c1-19(33-15-14-23(18-33)35-22-12-10-21(11-13-22)28(4,29)30)24-17-31-34-26(24)32-25(16-27(34,2)3)20-8-6-5-7-9-20/h5-13,17,23,25,32H,1,14-16,18H2,2-4H3. The molecule has 0 aliphatic carbocycles. The van der Waals surface area contributed by atoms with Crippen molar-refractivity contribution in [3.63, 3.8) is 0 Å². The molecule has 2 aliphatic heterocycles. The van der Waals surface area contributed by atoms with Crippen molar-refractivity contribution in [2.24, 2.45) is 0 Å². The van der Waals surface area contributed by atoms with Crippen LogP contribution in [0.5, 0.6) is 5.75 Å². The van der Waals surface area contributed by atoms with Crippen molar-refractivity contribution in [1.29, 1.82) is 0 Å². The fourth-order valence-corrected chi connectivity index (χ4v) is 5.10. The maximum Gasteiger partial charge on any atom is 0.270 e. The normalized spacial score (nSPS) is 21.3. The first-order valence-electron chi connectivity index (χ1n) is 12.1. The van der Waals surface area contributed by atoms with E-state index in [9.17, 15) is 8.78 Å². The highest BCUT2D eigenvalue weighted by atomic mass is 19.3. The van der Waals surface area contributed by atoms with Gasteiger partial charge < -0.3 is 15.0 Å². The quantitative estimate of drug-likeness (QED) is 0.445. The lowest BCUT2D eigenvalue weighted by molar-refractivity contribution is 0.0174. The molecule has 1 fully saturated rings. The number of nitrogens with one attached hydrogen (secondary N) is 1. The highest BCUT2D eigenvalue weighted by molar-refractivity contribution is 5.72. The van der Waals surface area contributed by atoms with Gasteiger partial charge in [-0.25, -0.2) is 13.5 Å². The van der Waals surface area contributed by atoms with Gasteiger partial charge in [-0.1, -0.05) is 36.9 Å². The average Bonchev–Trinajstić information content (AvgIpc) is 3.46. The van der Waals surface area contributed by atoms with Crippen LogP contribution in [0.25, 0.3) is 5.70 Å². The lowest BCUT2D eigenvalue weighted by atomic mass is 9.89. The van der Waals surface area contributed by atoms with E-state index in [1.165, 1.54) is 17.7 Å². The Kier molecular flexibility index (Phi) is 5.82. The summed E-state index contributed by atoms with van der Waals surface area (Å²) in [7, 11) is 0. The number of alkyl halides is 2. The molecule has 1 N–H and O–H groups in total. The van der Waals surface area contributed by atoms with Gasteiger partial charge in [0.25, 0.3) is 5.92 Å². The van der Waals surface area contributed by atoms with Crippen molar-refractivity contribution in [2.45, 2.75) is 57.2 Å². The summed E-state index contributed by atoms with van der Waals surface area (Å²) in [6.45, 7) is 11.2. The number of hydrogen-bond acceptors (Lipinski definition) is 4. The molecule has 35 heavy (non-hydrogen) atoms. The van der Waals surface area contributed by atoms with E-state index in [1.54, 1.807) is 12.1 Å². The van der Waals surface area contributed by atoms with Crippen LogP contribution in [-0.4, -0.2) is 33.9 Å². The molecule has 0 amide bonds. The van der Waals surface area contributed by atoms with Gasteiger partial charge in [0, 0.05) is 31.1 Å². The van der Waals surface area contributed by atoms with E-state index in [2.05, 4.69) is 59.6 Å². The number of hydrogen-bond donors (Lipinski definition) is 1. The Morgan fingerprint density at radius 1 is 1.14 bits per heavy atom. The van der Waals surface area contributed by atoms with Crippen LogP contribution >= 0.6 is 0 Å². The number of nitrogens with zero attached hydrogens (tertiary/aromatic N) is 3. The Morgan fingerprint density at radius 3 is 2.54 bits per heavy atom. The highest BCUT2D eigenvalue weighted by Crippen LogP contribution is 2.42. The molecule has 3 aromatic rings. The molecular formula is C28H32F2N4O. The van der Waals surface area contributed by atoms with E-state index in [0.717, 1.165) is 43.4 Å². The molecule has 2 unspecified atom stereocenters. The minimum atomic E-state index is -2.85.